The SMILES string of the molecule is CC(O)CS(=O)(=O)c1cccs1.CS(=O)(=O)Oc1cc(Cl)cc(Cl)c1. The Morgan fingerprint density at radius 2 is 1.72 bits per heavy atom. The Kier molecular flexibility index (Phi) is 8.17. The van der Waals surface area contributed by atoms with Crippen molar-refractivity contribution in [3.63, 3.8) is 0 Å². The van der Waals surface area contributed by atoms with Gasteiger partial charge in [0.15, 0.2) is 9.84 Å². The van der Waals surface area contributed by atoms with Gasteiger partial charge in [0.2, 0.25) is 0 Å². The van der Waals surface area contributed by atoms with Gasteiger partial charge in [0, 0.05) is 22.2 Å². The van der Waals surface area contributed by atoms with Crippen molar-refractivity contribution in [3.8, 4) is 5.75 Å². The van der Waals surface area contributed by atoms with Gasteiger partial charge in [-0.1, -0.05) is 29.3 Å². The molecule has 1 unspecified atom stereocenters. The fourth-order valence-corrected chi connectivity index (χ4v) is 5.03. The summed E-state index contributed by atoms with van der Waals surface area (Å²) in [6.07, 6.45) is 0.138. The molecule has 0 aliphatic rings. The van der Waals surface area contributed by atoms with Crippen LogP contribution >= 0.6 is 34.5 Å². The minimum absolute atomic E-state index is 0.111. The summed E-state index contributed by atoms with van der Waals surface area (Å²) in [4.78, 5) is 0. The molecule has 1 heterocycles. The molecule has 0 aliphatic carbocycles. The molecule has 6 nitrogen and oxygen atoms in total. The standard InChI is InChI=1S/C7H6Cl2O3S.C7H10O3S2/c1-13(10,11)12-7-3-5(8)2-6(9)4-7;1-6(8)5-12(9,10)7-3-2-4-11-7/h2-4H,1H3;2-4,6,8H,5H2,1H3. The van der Waals surface area contributed by atoms with E-state index in [0.717, 1.165) is 6.26 Å². The van der Waals surface area contributed by atoms with Gasteiger partial charge in [-0.2, -0.15) is 8.42 Å². The molecular formula is C14H16Cl2O6S3. The molecule has 0 amide bonds. The predicted molar refractivity (Wildman–Crippen MR) is 100.0 cm³/mol. The lowest BCUT2D eigenvalue weighted by molar-refractivity contribution is 0.218. The first kappa shape index (κ1) is 22.2. The van der Waals surface area contributed by atoms with Crippen molar-refractivity contribution in [1.29, 1.82) is 0 Å². The van der Waals surface area contributed by atoms with Crippen molar-refractivity contribution < 1.29 is 26.1 Å². The maximum Gasteiger partial charge on any atom is 0.306 e. The summed E-state index contributed by atoms with van der Waals surface area (Å²) in [5, 5.41) is 11.3. The molecule has 1 atom stereocenters. The molecule has 140 valence electrons. The summed E-state index contributed by atoms with van der Waals surface area (Å²) >= 11 is 12.4. The summed E-state index contributed by atoms with van der Waals surface area (Å²) in [5.41, 5.74) is 0. The number of hydrogen-bond acceptors (Lipinski definition) is 7. The number of hydrogen-bond donors (Lipinski definition) is 1. The van der Waals surface area contributed by atoms with E-state index in [1.165, 1.54) is 36.5 Å². The van der Waals surface area contributed by atoms with E-state index in [2.05, 4.69) is 4.18 Å². The Hall–Kier alpha value is -0.840. The Morgan fingerprint density at radius 3 is 2.12 bits per heavy atom. The summed E-state index contributed by atoms with van der Waals surface area (Å²) < 4.78 is 49.0. The van der Waals surface area contributed by atoms with Crippen molar-refractivity contribution in [1.82, 2.24) is 0 Å². The Labute approximate surface area is 161 Å². The van der Waals surface area contributed by atoms with Gasteiger partial charge in [0.1, 0.15) is 9.96 Å². The number of aliphatic hydroxyl groups is 1. The van der Waals surface area contributed by atoms with Gasteiger partial charge in [0.25, 0.3) is 0 Å². The van der Waals surface area contributed by atoms with Crippen LogP contribution < -0.4 is 4.18 Å². The maximum atomic E-state index is 11.4. The number of thiophene rings is 1. The first-order valence-electron chi connectivity index (χ1n) is 6.69. The van der Waals surface area contributed by atoms with Crippen LogP contribution in [-0.2, 0) is 20.0 Å². The third-order valence-electron chi connectivity index (χ3n) is 2.35. The molecular weight excluding hydrogens is 431 g/mol. The van der Waals surface area contributed by atoms with Crippen molar-refractivity contribution >= 4 is 54.5 Å². The van der Waals surface area contributed by atoms with E-state index < -0.39 is 26.1 Å². The predicted octanol–water partition coefficient (Wildman–Crippen LogP) is 3.23. The molecule has 2 aromatic rings. The van der Waals surface area contributed by atoms with E-state index in [-0.39, 0.29) is 11.5 Å². The normalized spacial score (nSPS) is 12.8. The van der Waals surface area contributed by atoms with Gasteiger partial charge in [-0.3, -0.25) is 0 Å². The number of aliphatic hydroxyl groups excluding tert-OH is 1. The second-order valence-corrected chi connectivity index (χ2v) is 10.6. The lowest BCUT2D eigenvalue weighted by atomic mass is 10.3. The summed E-state index contributed by atoms with van der Waals surface area (Å²) in [5.74, 6) is -0.0898. The second kappa shape index (κ2) is 9.20. The number of halogens is 2. The highest BCUT2D eigenvalue weighted by atomic mass is 35.5. The van der Waals surface area contributed by atoms with Crippen LogP contribution in [0.1, 0.15) is 6.92 Å². The van der Waals surface area contributed by atoms with Gasteiger partial charge in [-0.25, -0.2) is 8.42 Å². The Morgan fingerprint density at radius 1 is 1.16 bits per heavy atom. The van der Waals surface area contributed by atoms with Crippen LogP contribution in [0.5, 0.6) is 5.75 Å². The molecule has 11 heteroatoms. The van der Waals surface area contributed by atoms with Gasteiger partial charge < -0.3 is 9.29 Å². The first-order valence-corrected chi connectivity index (χ1v) is 11.8. The average molecular weight is 447 g/mol. The second-order valence-electron chi connectivity index (χ2n) is 4.96. The smallest absolute Gasteiger partial charge is 0.306 e. The molecule has 0 fully saturated rings. The first-order chi connectivity index (χ1) is 11.4. The van der Waals surface area contributed by atoms with Crippen molar-refractivity contribution in [2.45, 2.75) is 17.2 Å². The Balaban J connectivity index is 0.000000251. The van der Waals surface area contributed by atoms with Gasteiger partial charge in [0.05, 0.1) is 18.1 Å². The molecule has 0 saturated heterocycles. The van der Waals surface area contributed by atoms with Crippen LogP contribution in [0, 0.1) is 0 Å². The lowest BCUT2D eigenvalue weighted by Crippen LogP contribution is -2.16. The molecule has 0 bridgehead atoms. The van der Waals surface area contributed by atoms with Crippen LogP contribution in [0.15, 0.2) is 39.9 Å². The zero-order chi connectivity index (χ0) is 19.3. The van der Waals surface area contributed by atoms with Crippen molar-refractivity contribution in [2.75, 3.05) is 12.0 Å². The fourth-order valence-electron chi connectivity index (χ4n) is 1.59. The number of sulfone groups is 1. The topological polar surface area (TPSA) is 97.7 Å². The molecule has 25 heavy (non-hydrogen) atoms. The van der Waals surface area contributed by atoms with E-state index in [1.807, 2.05) is 0 Å². The average Bonchev–Trinajstić information content (AvgIpc) is 2.88. The van der Waals surface area contributed by atoms with Gasteiger partial charge in [-0.05, 0) is 24.4 Å². The van der Waals surface area contributed by atoms with Crippen LogP contribution in [-0.4, -0.2) is 40.1 Å². The summed E-state index contributed by atoms with van der Waals surface area (Å²) in [6.45, 7) is 1.46. The summed E-state index contributed by atoms with van der Waals surface area (Å²) in [6, 6.07) is 7.45. The van der Waals surface area contributed by atoms with Crippen LogP contribution in [0.2, 0.25) is 10.0 Å². The van der Waals surface area contributed by atoms with E-state index in [1.54, 1.807) is 17.5 Å². The third-order valence-corrected chi connectivity index (χ3v) is 6.66. The van der Waals surface area contributed by atoms with Gasteiger partial charge >= 0.3 is 10.1 Å². The molecule has 1 aromatic heterocycles. The molecule has 0 aliphatic heterocycles. The van der Waals surface area contributed by atoms with Gasteiger partial charge in [-0.15, -0.1) is 11.3 Å². The fraction of sp³-hybridized carbons (Fsp3) is 0.286. The minimum atomic E-state index is -3.53. The van der Waals surface area contributed by atoms with E-state index >= 15 is 0 Å². The largest absolute Gasteiger partial charge is 0.392 e. The van der Waals surface area contributed by atoms with Crippen molar-refractivity contribution in [2.24, 2.45) is 0 Å². The van der Waals surface area contributed by atoms with Crippen LogP contribution in [0.25, 0.3) is 0 Å². The third kappa shape index (κ3) is 8.89. The lowest BCUT2D eigenvalue weighted by Gasteiger charge is -2.03. The number of benzene rings is 1. The Bertz CT molecular complexity index is 870. The minimum Gasteiger partial charge on any atom is -0.392 e. The van der Waals surface area contributed by atoms with E-state index in [0.29, 0.717) is 14.3 Å². The molecule has 1 N–H and O–H groups in total. The van der Waals surface area contributed by atoms with E-state index in [4.69, 9.17) is 28.3 Å². The number of rotatable bonds is 5. The molecule has 2 rings (SSSR count). The molecule has 0 radical (unpaired) electrons. The molecule has 1 aromatic carbocycles. The zero-order valence-corrected chi connectivity index (χ0v) is 17.2. The van der Waals surface area contributed by atoms with E-state index in [9.17, 15) is 16.8 Å². The highest BCUT2D eigenvalue weighted by molar-refractivity contribution is 7.93. The maximum absolute atomic E-state index is 11.4. The highest BCUT2D eigenvalue weighted by Crippen LogP contribution is 2.24. The molecule has 0 saturated carbocycles. The monoisotopic (exact) mass is 446 g/mol. The summed E-state index contributed by atoms with van der Waals surface area (Å²) in [7, 11) is -6.78. The van der Waals surface area contributed by atoms with Crippen LogP contribution in [0.3, 0.4) is 0 Å². The molecule has 0 spiro atoms. The zero-order valence-electron chi connectivity index (χ0n) is 13.2. The highest BCUT2D eigenvalue weighted by Gasteiger charge is 2.17. The quantitative estimate of drug-likeness (QED) is 0.707. The van der Waals surface area contributed by atoms with Crippen molar-refractivity contribution in [3.05, 3.63) is 45.8 Å². The van der Waals surface area contributed by atoms with Crippen LogP contribution in [0.4, 0.5) is 0 Å².